The van der Waals surface area contributed by atoms with Gasteiger partial charge >= 0.3 is 11.9 Å². The first kappa shape index (κ1) is 20.6. The van der Waals surface area contributed by atoms with Crippen molar-refractivity contribution in [2.75, 3.05) is 40.1 Å². The van der Waals surface area contributed by atoms with Crippen LogP contribution in [0, 0.1) is 0 Å². The summed E-state index contributed by atoms with van der Waals surface area (Å²) < 4.78 is 20.2. The smallest absolute Gasteiger partial charge is 0.333 e. The van der Waals surface area contributed by atoms with E-state index in [4.69, 9.17) is 18.9 Å². The zero-order valence-corrected chi connectivity index (χ0v) is 13.7. The van der Waals surface area contributed by atoms with Gasteiger partial charge in [0.15, 0.2) is 0 Å². The summed E-state index contributed by atoms with van der Waals surface area (Å²) in [4.78, 5) is 22.5. The number of ether oxygens (including phenoxy) is 4. The summed E-state index contributed by atoms with van der Waals surface area (Å²) in [5.41, 5.74) is 0.377. The molecule has 0 aromatic carbocycles. The van der Waals surface area contributed by atoms with Crippen molar-refractivity contribution >= 4 is 11.9 Å². The van der Waals surface area contributed by atoms with Crippen molar-refractivity contribution < 1.29 is 28.5 Å². The molecular weight excluding hydrogens is 288 g/mol. The van der Waals surface area contributed by atoms with Gasteiger partial charge in [-0.05, 0) is 32.6 Å². The lowest BCUT2D eigenvalue weighted by Gasteiger charge is -2.06. The average molecular weight is 316 g/mol. The zero-order valence-electron chi connectivity index (χ0n) is 13.7. The van der Waals surface area contributed by atoms with Crippen LogP contribution in [-0.4, -0.2) is 52.1 Å². The van der Waals surface area contributed by atoms with Gasteiger partial charge in [0.1, 0.15) is 6.61 Å². The highest BCUT2D eigenvalue weighted by molar-refractivity contribution is 5.86. The van der Waals surface area contributed by atoms with E-state index < -0.39 is 5.97 Å². The van der Waals surface area contributed by atoms with Crippen LogP contribution in [0.2, 0.25) is 0 Å². The zero-order chi connectivity index (χ0) is 16.6. The number of unbranched alkanes of at least 4 members (excludes halogenated alkanes) is 2. The van der Waals surface area contributed by atoms with Crippen molar-refractivity contribution in [1.29, 1.82) is 0 Å². The Balaban J connectivity index is 3.29. The second-order valence-corrected chi connectivity index (χ2v) is 4.91. The number of rotatable bonds is 14. The number of hydrogen-bond donors (Lipinski definition) is 0. The van der Waals surface area contributed by atoms with Crippen LogP contribution in [-0.2, 0) is 28.5 Å². The Bertz CT molecular complexity index is 327. The minimum atomic E-state index is -0.398. The molecule has 0 spiro atoms. The van der Waals surface area contributed by atoms with Gasteiger partial charge in [-0.2, -0.15) is 0 Å². The van der Waals surface area contributed by atoms with Gasteiger partial charge in [-0.3, -0.25) is 4.79 Å². The lowest BCUT2D eigenvalue weighted by Crippen LogP contribution is -2.11. The van der Waals surface area contributed by atoms with Gasteiger partial charge in [-0.1, -0.05) is 6.58 Å². The van der Waals surface area contributed by atoms with E-state index in [1.807, 2.05) is 0 Å². The lowest BCUT2D eigenvalue weighted by atomic mass is 10.2. The van der Waals surface area contributed by atoms with Crippen LogP contribution in [0.5, 0.6) is 0 Å². The molecule has 6 nitrogen and oxygen atoms in total. The first-order valence-electron chi connectivity index (χ1n) is 7.63. The number of esters is 2. The van der Waals surface area contributed by atoms with Crippen molar-refractivity contribution in [1.82, 2.24) is 0 Å². The first-order valence-corrected chi connectivity index (χ1v) is 7.63. The number of carbonyl (C=O) groups excluding carboxylic acids is 2. The molecule has 0 bridgehead atoms. The molecule has 0 aromatic heterocycles. The fourth-order valence-corrected chi connectivity index (χ4v) is 1.50. The molecule has 0 heterocycles. The molecule has 0 amide bonds. The highest BCUT2D eigenvalue weighted by Crippen LogP contribution is 2.00. The van der Waals surface area contributed by atoms with Gasteiger partial charge in [0.25, 0.3) is 0 Å². The molecule has 0 saturated carbocycles. The molecule has 0 radical (unpaired) electrons. The Morgan fingerprint density at radius 2 is 1.55 bits per heavy atom. The fourth-order valence-electron chi connectivity index (χ4n) is 1.50. The Morgan fingerprint density at radius 1 is 0.864 bits per heavy atom. The molecule has 128 valence electrons. The molecule has 0 N–H and O–H groups in total. The number of carbonyl (C=O) groups is 2. The third-order valence-corrected chi connectivity index (χ3v) is 2.73. The summed E-state index contributed by atoms with van der Waals surface area (Å²) >= 11 is 0. The Morgan fingerprint density at radius 3 is 2.23 bits per heavy atom. The monoisotopic (exact) mass is 316 g/mol. The van der Waals surface area contributed by atoms with Crippen molar-refractivity contribution in [3.8, 4) is 0 Å². The first-order chi connectivity index (χ1) is 10.6. The van der Waals surface area contributed by atoms with Crippen LogP contribution >= 0.6 is 0 Å². The predicted octanol–water partition coefficient (Wildman–Crippen LogP) is 2.26. The molecule has 6 heteroatoms. The van der Waals surface area contributed by atoms with E-state index in [2.05, 4.69) is 6.58 Å². The molecule has 0 saturated heterocycles. The molecule has 0 aromatic rings. The molecular formula is C16H28O6. The normalized spacial score (nSPS) is 10.3. The highest BCUT2D eigenvalue weighted by atomic mass is 16.6. The van der Waals surface area contributed by atoms with Crippen LogP contribution < -0.4 is 0 Å². The molecule has 0 aliphatic heterocycles. The van der Waals surface area contributed by atoms with E-state index >= 15 is 0 Å². The second-order valence-electron chi connectivity index (χ2n) is 4.91. The van der Waals surface area contributed by atoms with E-state index in [9.17, 15) is 9.59 Å². The van der Waals surface area contributed by atoms with Crippen molar-refractivity contribution in [2.45, 2.75) is 39.0 Å². The van der Waals surface area contributed by atoms with Gasteiger partial charge in [0.2, 0.25) is 0 Å². The average Bonchev–Trinajstić information content (AvgIpc) is 2.49. The van der Waals surface area contributed by atoms with E-state index in [1.165, 1.54) is 0 Å². The summed E-state index contributed by atoms with van der Waals surface area (Å²) in [5, 5.41) is 0. The third-order valence-electron chi connectivity index (χ3n) is 2.73. The maximum absolute atomic E-state index is 11.4. The second kappa shape index (κ2) is 14.5. The molecule has 0 aliphatic carbocycles. The van der Waals surface area contributed by atoms with Crippen molar-refractivity contribution in [2.24, 2.45) is 0 Å². The molecule has 22 heavy (non-hydrogen) atoms. The third kappa shape index (κ3) is 13.6. The standard InChI is InChI=1S/C16H28O6/c1-14(2)16(18)22-11-5-4-8-15(17)21-13-12-20-10-7-6-9-19-3/h1,4-13H2,2-3H3. The van der Waals surface area contributed by atoms with Crippen LogP contribution in [0.4, 0.5) is 0 Å². The highest BCUT2D eigenvalue weighted by Gasteiger charge is 2.05. The summed E-state index contributed by atoms with van der Waals surface area (Å²) in [6.45, 7) is 7.44. The van der Waals surface area contributed by atoms with E-state index in [0.717, 1.165) is 19.4 Å². The SMILES string of the molecule is C=C(C)C(=O)OCCCCC(=O)OCCOCCCCOC. The van der Waals surface area contributed by atoms with Gasteiger partial charge in [-0.25, -0.2) is 4.79 Å². The summed E-state index contributed by atoms with van der Waals surface area (Å²) in [7, 11) is 1.67. The summed E-state index contributed by atoms with van der Waals surface area (Å²) in [6.07, 6.45) is 3.47. The van der Waals surface area contributed by atoms with Gasteiger partial charge < -0.3 is 18.9 Å². The number of methoxy groups -OCH3 is 1. The number of hydrogen-bond acceptors (Lipinski definition) is 6. The van der Waals surface area contributed by atoms with Gasteiger partial charge in [-0.15, -0.1) is 0 Å². The molecule has 0 rings (SSSR count). The maximum atomic E-state index is 11.4. The van der Waals surface area contributed by atoms with E-state index in [-0.39, 0.29) is 12.6 Å². The summed E-state index contributed by atoms with van der Waals surface area (Å²) in [6, 6.07) is 0. The van der Waals surface area contributed by atoms with Crippen molar-refractivity contribution in [3.05, 3.63) is 12.2 Å². The molecule has 0 unspecified atom stereocenters. The van der Waals surface area contributed by atoms with E-state index in [1.54, 1.807) is 14.0 Å². The van der Waals surface area contributed by atoms with Gasteiger partial charge in [0.05, 0.1) is 13.2 Å². The van der Waals surface area contributed by atoms with Crippen molar-refractivity contribution in [3.63, 3.8) is 0 Å². The molecule has 0 aliphatic rings. The molecule has 0 fully saturated rings. The Kier molecular flexibility index (Phi) is 13.6. The van der Waals surface area contributed by atoms with Gasteiger partial charge in [0, 0.05) is 32.3 Å². The Hall–Kier alpha value is -1.40. The van der Waals surface area contributed by atoms with Crippen LogP contribution in [0.1, 0.15) is 39.0 Å². The molecule has 0 atom stereocenters. The quantitative estimate of drug-likeness (QED) is 0.278. The largest absolute Gasteiger partial charge is 0.463 e. The van der Waals surface area contributed by atoms with Crippen LogP contribution in [0.15, 0.2) is 12.2 Å². The Labute approximate surface area is 132 Å². The maximum Gasteiger partial charge on any atom is 0.333 e. The minimum Gasteiger partial charge on any atom is -0.463 e. The van der Waals surface area contributed by atoms with Crippen LogP contribution in [0.25, 0.3) is 0 Å². The fraction of sp³-hybridized carbons (Fsp3) is 0.750. The predicted molar refractivity (Wildman–Crippen MR) is 82.5 cm³/mol. The lowest BCUT2D eigenvalue weighted by molar-refractivity contribution is -0.145. The van der Waals surface area contributed by atoms with E-state index in [0.29, 0.717) is 44.7 Å². The summed E-state index contributed by atoms with van der Waals surface area (Å²) in [5.74, 6) is -0.653. The van der Waals surface area contributed by atoms with Crippen LogP contribution in [0.3, 0.4) is 0 Å². The minimum absolute atomic E-state index is 0.255. The topological polar surface area (TPSA) is 71.1 Å².